The highest BCUT2D eigenvalue weighted by atomic mass is 16.5. The molecule has 0 aromatic carbocycles. The summed E-state index contributed by atoms with van der Waals surface area (Å²) in [7, 11) is 0. The van der Waals surface area contributed by atoms with Gasteiger partial charge in [0.25, 0.3) is 0 Å². The van der Waals surface area contributed by atoms with Crippen molar-refractivity contribution in [3.63, 3.8) is 0 Å². The van der Waals surface area contributed by atoms with Crippen molar-refractivity contribution in [3.8, 4) is 5.88 Å². The predicted molar refractivity (Wildman–Crippen MR) is 77.2 cm³/mol. The molecule has 0 bridgehead atoms. The Morgan fingerprint density at radius 2 is 2.00 bits per heavy atom. The van der Waals surface area contributed by atoms with Gasteiger partial charge < -0.3 is 4.74 Å². The predicted octanol–water partition coefficient (Wildman–Crippen LogP) is 1.58. The van der Waals surface area contributed by atoms with Crippen LogP contribution in [0.4, 0.5) is 0 Å². The largest absolute Gasteiger partial charge is 0.474 e. The fourth-order valence-electron chi connectivity index (χ4n) is 2.35. The van der Waals surface area contributed by atoms with Crippen molar-refractivity contribution < 1.29 is 14.3 Å². The molecule has 0 spiro atoms. The Balaban J connectivity index is 1.72. The van der Waals surface area contributed by atoms with Crippen molar-refractivity contribution in [2.45, 2.75) is 45.1 Å². The molecule has 0 unspecified atom stereocenters. The first-order chi connectivity index (χ1) is 10.2. The zero-order chi connectivity index (χ0) is 15.1. The van der Waals surface area contributed by atoms with Gasteiger partial charge in [-0.15, -0.1) is 0 Å². The number of amides is 2. The van der Waals surface area contributed by atoms with E-state index in [-0.39, 0.29) is 23.8 Å². The van der Waals surface area contributed by atoms with Crippen LogP contribution >= 0.6 is 0 Å². The van der Waals surface area contributed by atoms with Crippen LogP contribution in [0.25, 0.3) is 0 Å². The molecule has 2 amide bonds. The lowest BCUT2D eigenvalue weighted by Gasteiger charge is -2.27. The average molecular weight is 291 g/mol. The topological polar surface area (TPSA) is 80.3 Å². The van der Waals surface area contributed by atoms with Gasteiger partial charge in [-0.25, -0.2) is 4.98 Å². The zero-order valence-electron chi connectivity index (χ0n) is 12.2. The minimum Gasteiger partial charge on any atom is -0.474 e. The van der Waals surface area contributed by atoms with Crippen molar-refractivity contribution in [2.75, 3.05) is 0 Å². The van der Waals surface area contributed by atoms with E-state index in [4.69, 9.17) is 4.74 Å². The third-order valence-corrected chi connectivity index (χ3v) is 3.62. The summed E-state index contributed by atoms with van der Waals surface area (Å²) in [4.78, 5) is 27.1. The highest BCUT2D eigenvalue weighted by Crippen LogP contribution is 2.27. The number of rotatable bonds is 4. The Bertz CT molecular complexity index is 470. The molecule has 2 N–H and O–H groups in total. The summed E-state index contributed by atoms with van der Waals surface area (Å²) in [5.41, 5.74) is 4.88. The average Bonchev–Trinajstić information content (AvgIpc) is 2.54. The maximum Gasteiger partial charge on any atom is 0.241 e. The normalized spacial score (nSPS) is 21.4. The summed E-state index contributed by atoms with van der Waals surface area (Å²) in [5.74, 6) is 0.259. The molecule has 1 fully saturated rings. The van der Waals surface area contributed by atoms with E-state index in [0.29, 0.717) is 12.3 Å². The zero-order valence-corrected chi connectivity index (χ0v) is 12.2. The fourth-order valence-corrected chi connectivity index (χ4v) is 2.35. The molecule has 0 radical (unpaired) electrons. The van der Waals surface area contributed by atoms with E-state index < -0.39 is 0 Å². The molecule has 0 saturated heterocycles. The lowest BCUT2D eigenvalue weighted by molar-refractivity contribution is -0.132. The SMILES string of the molecule is CCC(=O)NNC(=O)[C@H]1CC[C@H](Oc2ccccn2)CC1. The summed E-state index contributed by atoms with van der Waals surface area (Å²) in [5, 5.41) is 0. The fraction of sp³-hybridized carbons (Fsp3) is 0.533. The number of hydrogen-bond acceptors (Lipinski definition) is 4. The number of ether oxygens (including phenoxy) is 1. The van der Waals surface area contributed by atoms with E-state index in [2.05, 4.69) is 15.8 Å². The first-order valence-corrected chi connectivity index (χ1v) is 7.35. The Morgan fingerprint density at radius 3 is 2.62 bits per heavy atom. The number of carbonyl (C=O) groups is 2. The summed E-state index contributed by atoms with van der Waals surface area (Å²) < 4.78 is 5.79. The molecular formula is C15H21N3O3. The Morgan fingerprint density at radius 1 is 1.24 bits per heavy atom. The van der Waals surface area contributed by atoms with Crippen LogP contribution in [-0.2, 0) is 9.59 Å². The van der Waals surface area contributed by atoms with Gasteiger partial charge in [-0.1, -0.05) is 13.0 Å². The number of nitrogens with zero attached hydrogens (tertiary/aromatic N) is 1. The van der Waals surface area contributed by atoms with Gasteiger partial charge in [0.15, 0.2) is 0 Å². The van der Waals surface area contributed by atoms with Crippen LogP contribution in [0, 0.1) is 5.92 Å². The molecule has 2 rings (SSSR count). The molecular weight excluding hydrogens is 270 g/mol. The third kappa shape index (κ3) is 4.73. The van der Waals surface area contributed by atoms with Crippen LogP contribution < -0.4 is 15.6 Å². The lowest BCUT2D eigenvalue weighted by atomic mass is 9.87. The molecule has 6 nitrogen and oxygen atoms in total. The van der Waals surface area contributed by atoms with E-state index in [9.17, 15) is 9.59 Å². The van der Waals surface area contributed by atoms with E-state index in [1.54, 1.807) is 13.1 Å². The standard InChI is InChI=1S/C15H21N3O3/c1-2-13(19)17-18-15(20)11-6-8-12(9-7-11)21-14-5-3-4-10-16-14/h3-5,10-12H,2,6-9H2,1H3,(H,17,19)(H,18,20)/t11-,12-. The van der Waals surface area contributed by atoms with Gasteiger partial charge in [0.05, 0.1) is 0 Å². The molecule has 114 valence electrons. The Kier molecular flexibility index (Phi) is 5.54. The molecule has 1 heterocycles. The summed E-state index contributed by atoms with van der Waals surface area (Å²) in [6.45, 7) is 1.74. The van der Waals surface area contributed by atoms with Gasteiger partial charge >= 0.3 is 0 Å². The van der Waals surface area contributed by atoms with E-state index >= 15 is 0 Å². The molecule has 1 aromatic heterocycles. The van der Waals surface area contributed by atoms with Gasteiger partial charge in [0.2, 0.25) is 17.7 Å². The van der Waals surface area contributed by atoms with Gasteiger partial charge in [0.1, 0.15) is 6.10 Å². The van der Waals surface area contributed by atoms with Crippen molar-refractivity contribution in [1.29, 1.82) is 0 Å². The van der Waals surface area contributed by atoms with Crippen LogP contribution in [0.3, 0.4) is 0 Å². The minimum atomic E-state index is -0.185. The maximum atomic E-state index is 11.9. The highest BCUT2D eigenvalue weighted by Gasteiger charge is 2.27. The highest BCUT2D eigenvalue weighted by molar-refractivity contribution is 5.83. The molecule has 1 aliphatic rings. The second-order valence-corrected chi connectivity index (χ2v) is 5.15. The van der Waals surface area contributed by atoms with Gasteiger partial charge in [-0.3, -0.25) is 20.4 Å². The lowest BCUT2D eigenvalue weighted by Crippen LogP contribution is -2.45. The van der Waals surface area contributed by atoms with Gasteiger partial charge in [-0.2, -0.15) is 0 Å². The van der Waals surface area contributed by atoms with E-state index in [1.165, 1.54) is 0 Å². The van der Waals surface area contributed by atoms with Crippen LogP contribution in [0.15, 0.2) is 24.4 Å². The van der Waals surface area contributed by atoms with Gasteiger partial charge in [0, 0.05) is 24.6 Å². The second kappa shape index (κ2) is 7.61. The van der Waals surface area contributed by atoms with Crippen molar-refractivity contribution >= 4 is 11.8 Å². The number of pyridine rings is 1. The summed E-state index contributed by atoms with van der Waals surface area (Å²) in [6, 6.07) is 5.57. The van der Waals surface area contributed by atoms with Crippen LogP contribution in [-0.4, -0.2) is 22.9 Å². The smallest absolute Gasteiger partial charge is 0.241 e. The molecule has 21 heavy (non-hydrogen) atoms. The first kappa shape index (κ1) is 15.3. The van der Waals surface area contributed by atoms with E-state index in [1.807, 2.05) is 18.2 Å². The number of hydrazine groups is 1. The molecule has 0 atom stereocenters. The van der Waals surface area contributed by atoms with Crippen LogP contribution in [0.1, 0.15) is 39.0 Å². The molecule has 0 aliphatic heterocycles. The molecule has 1 aromatic rings. The first-order valence-electron chi connectivity index (χ1n) is 7.35. The summed E-state index contributed by atoms with van der Waals surface area (Å²) >= 11 is 0. The van der Waals surface area contributed by atoms with Crippen LogP contribution in [0.2, 0.25) is 0 Å². The van der Waals surface area contributed by atoms with E-state index in [0.717, 1.165) is 25.7 Å². The molecule has 6 heteroatoms. The van der Waals surface area contributed by atoms with Gasteiger partial charge in [-0.05, 0) is 31.7 Å². The number of hydrogen-bond donors (Lipinski definition) is 2. The van der Waals surface area contributed by atoms with Crippen molar-refractivity contribution in [3.05, 3.63) is 24.4 Å². The molecule has 1 saturated carbocycles. The minimum absolute atomic E-state index is 0.0641. The quantitative estimate of drug-likeness (QED) is 0.825. The van der Waals surface area contributed by atoms with Crippen molar-refractivity contribution in [2.24, 2.45) is 5.92 Å². The molecule has 1 aliphatic carbocycles. The number of nitrogens with one attached hydrogen (secondary N) is 2. The van der Waals surface area contributed by atoms with Crippen molar-refractivity contribution in [1.82, 2.24) is 15.8 Å². The Labute approximate surface area is 124 Å². The maximum absolute atomic E-state index is 11.9. The number of aromatic nitrogens is 1. The number of carbonyl (C=O) groups excluding carboxylic acids is 2. The third-order valence-electron chi connectivity index (χ3n) is 3.62. The Hall–Kier alpha value is -2.11. The van der Waals surface area contributed by atoms with Crippen LogP contribution in [0.5, 0.6) is 5.88 Å². The monoisotopic (exact) mass is 291 g/mol. The summed E-state index contributed by atoms with van der Waals surface area (Å²) in [6.07, 6.45) is 5.30. The second-order valence-electron chi connectivity index (χ2n) is 5.15.